The summed E-state index contributed by atoms with van der Waals surface area (Å²) in [6.07, 6.45) is 35.4. The Morgan fingerprint density at radius 2 is 0.630 bits per heavy atom. The van der Waals surface area contributed by atoms with E-state index in [9.17, 15) is 28.8 Å². The summed E-state index contributed by atoms with van der Waals surface area (Å²) in [6, 6.07) is 0. The molecule has 11 aliphatic carbocycles. The maximum Gasteiger partial charge on any atom is 0.313 e. The molecule has 0 heterocycles. The average Bonchev–Trinajstić information content (AvgIpc) is 0.787. The van der Waals surface area contributed by atoms with Gasteiger partial charge in [0.15, 0.2) is 34.0 Å². The van der Waals surface area contributed by atoms with Gasteiger partial charge in [0.05, 0.1) is 58.1 Å². The lowest BCUT2D eigenvalue weighted by atomic mass is 9.50. The Hall–Kier alpha value is -3.18. The number of hydrogen-bond donors (Lipinski definition) is 0. The van der Waals surface area contributed by atoms with Gasteiger partial charge in [-0.05, 0) is 239 Å². The number of ketones is 1. The Bertz CT molecular complexity index is 2150. The van der Waals surface area contributed by atoms with Crippen LogP contribution in [0, 0.1) is 73.9 Å². The van der Waals surface area contributed by atoms with E-state index in [1.165, 1.54) is 103 Å². The van der Waals surface area contributed by atoms with Crippen molar-refractivity contribution in [2.45, 2.75) is 395 Å². The van der Waals surface area contributed by atoms with Crippen molar-refractivity contribution >= 4 is 35.6 Å². The van der Waals surface area contributed by atoms with Crippen LogP contribution in [0.15, 0.2) is 0 Å². The van der Waals surface area contributed by atoms with Gasteiger partial charge in [-0.3, -0.25) is 28.8 Å². The molecule has 11 fully saturated rings. The summed E-state index contributed by atoms with van der Waals surface area (Å²) < 4.78 is 54.3. The van der Waals surface area contributed by atoms with Gasteiger partial charge in [-0.1, -0.05) is 167 Å². The monoisotopic (exact) mass is 1430 g/mol. The first-order valence-corrected chi connectivity index (χ1v) is 36.0. The highest BCUT2D eigenvalue weighted by atomic mass is 16.7. The highest BCUT2D eigenvalue weighted by Gasteiger charge is 2.54. The lowest BCUT2D eigenvalue weighted by Gasteiger charge is -2.56. The number of Topliss-reactive ketones (excluding diaryl/α,β-unsaturated/α-hetero) is 1. The molecule has 16 heteroatoms. The second-order valence-corrected chi connectivity index (χ2v) is 31.9. The summed E-state index contributed by atoms with van der Waals surface area (Å²) in [5, 5.41) is 0. The lowest BCUT2D eigenvalue weighted by molar-refractivity contribution is -0.193. The number of esters is 5. The molecule has 0 amide bonds. The molecule has 0 N–H and O–H groups in total. The van der Waals surface area contributed by atoms with Crippen LogP contribution in [0.3, 0.4) is 0 Å². The molecule has 11 rings (SSSR count). The van der Waals surface area contributed by atoms with E-state index in [2.05, 4.69) is 0 Å². The van der Waals surface area contributed by atoms with Crippen LogP contribution < -0.4 is 0 Å². The van der Waals surface area contributed by atoms with Gasteiger partial charge < -0.3 is 47.4 Å². The fourth-order valence-electron chi connectivity index (χ4n) is 14.8. The van der Waals surface area contributed by atoms with E-state index in [0.717, 1.165) is 120 Å². The molecule has 0 spiro atoms. The average molecular weight is 1430 g/mol. The SMILES string of the molecule is C.C.C.C.C.C.C.C.C.C.CCC(C)(C)C(=O)OCOC1C2CC3CC(C2)C(=O)C1C3.CCC(C)(C)C(=O)OCOC1CCCC1.CCC(C)(C)C(=O)OCOC1CCCCC1.CCC(C)(C)C(=O)OCOC1CCCCCC1.CCC(C)(C)C(=O)OCOCC12CC3CC(CC(C3)C1)C2. The normalized spacial score (nSPS) is 24.7. The molecule has 11 aliphatic rings. The molecule has 8 bridgehead atoms. The summed E-state index contributed by atoms with van der Waals surface area (Å²) in [4.78, 5) is 71.1. The van der Waals surface area contributed by atoms with Crippen molar-refractivity contribution in [3.63, 3.8) is 0 Å². The predicted molar refractivity (Wildman–Crippen MR) is 415 cm³/mol. The quantitative estimate of drug-likeness (QED) is 0.0261. The Morgan fingerprint density at radius 3 is 0.940 bits per heavy atom. The van der Waals surface area contributed by atoms with Crippen molar-refractivity contribution in [3.8, 4) is 0 Å². The van der Waals surface area contributed by atoms with Gasteiger partial charge in [-0.2, -0.15) is 0 Å². The van der Waals surface area contributed by atoms with Crippen LogP contribution in [0.25, 0.3) is 0 Å². The van der Waals surface area contributed by atoms with Gasteiger partial charge in [0.2, 0.25) is 0 Å². The number of carbonyl (C=O) groups is 6. The van der Waals surface area contributed by atoms with E-state index < -0.39 is 21.7 Å². The summed E-state index contributed by atoms with van der Waals surface area (Å²) in [7, 11) is 0. The first-order chi connectivity index (χ1) is 42.5. The molecule has 16 nitrogen and oxygen atoms in total. The Labute approximate surface area is 618 Å². The van der Waals surface area contributed by atoms with Crippen LogP contribution in [-0.4, -0.2) is 101 Å². The molecule has 600 valence electrons. The van der Waals surface area contributed by atoms with E-state index in [0.29, 0.717) is 29.3 Å². The molecule has 100 heavy (non-hydrogen) atoms. The van der Waals surface area contributed by atoms with E-state index >= 15 is 0 Å². The molecule has 0 radical (unpaired) electrons. The molecule has 5 atom stereocenters. The van der Waals surface area contributed by atoms with Gasteiger partial charge in [0.1, 0.15) is 5.78 Å². The van der Waals surface area contributed by atoms with Crippen LogP contribution >= 0.6 is 0 Å². The minimum Gasteiger partial charge on any atom is -0.438 e. The fraction of sp³-hybridized carbons (Fsp3) is 0.929. The van der Waals surface area contributed by atoms with Gasteiger partial charge in [0, 0.05) is 11.8 Å². The topological polar surface area (TPSA) is 195 Å². The molecule has 0 aliphatic heterocycles. The number of hydrogen-bond acceptors (Lipinski definition) is 16. The summed E-state index contributed by atoms with van der Waals surface area (Å²) in [6.45, 7) is 30.2. The fourth-order valence-corrected chi connectivity index (χ4v) is 14.8. The van der Waals surface area contributed by atoms with Crippen molar-refractivity contribution in [1.29, 1.82) is 0 Å². The zero-order chi connectivity index (χ0) is 66.3. The van der Waals surface area contributed by atoms with E-state index in [1.807, 2.05) is 104 Å². The van der Waals surface area contributed by atoms with E-state index in [-0.39, 0.29) is 168 Å². The van der Waals surface area contributed by atoms with Crippen molar-refractivity contribution < 1.29 is 76.1 Å². The second-order valence-electron chi connectivity index (χ2n) is 31.9. The number of ether oxygens (including phenoxy) is 10. The third-order valence-electron chi connectivity index (χ3n) is 22.7. The molecule has 0 aromatic heterocycles. The highest BCUT2D eigenvalue weighted by molar-refractivity contribution is 5.86. The molecule has 0 aromatic rings. The number of rotatable bonds is 26. The van der Waals surface area contributed by atoms with Gasteiger partial charge in [0.25, 0.3) is 0 Å². The summed E-state index contributed by atoms with van der Waals surface area (Å²) >= 11 is 0. The third-order valence-corrected chi connectivity index (χ3v) is 22.7. The maximum atomic E-state index is 12.3. The van der Waals surface area contributed by atoms with Gasteiger partial charge >= 0.3 is 29.8 Å². The lowest BCUT2D eigenvalue weighted by Crippen LogP contribution is -2.55. The molecule has 0 saturated heterocycles. The van der Waals surface area contributed by atoms with Crippen LogP contribution in [0.2, 0.25) is 0 Å². The van der Waals surface area contributed by atoms with E-state index in [1.54, 1.807) is 0 Å². The largest absolute Gasteiger partial charge is 0.438 e. The van der Waals surface area contributed by atoms with Crippen LogP contribution in [0.5, 0.6) is 0 Å². The molecular formula is C84H168O16. The first-order valence-electron chi connectivity index (χ1n) is 36.0. The van der Waals surface area contributed by atoms with Crippen molar-refractivity contribution in [3.05, 3.63) is 0 Å². The molecule has 5 unspecified atom stereocenters. The Balaban J connectivity index is -0.000000271. The number of carbonyl (C=O) groups excluding carboxylic acids is 6. The minimum atomic E-state index is -0.469. The van der Waals surface area contributed by atoms with Gasteiger partial charge in [-0.25, -0.2) is 0 Å². The Kier molecular flexibility index (Phi) is 55.1. The highest BCUT2D eigenvalue weighted by Crippen LogP contribution is 2.60. The molecule has 11 saturated carbocycles. The van der Waals surface area contributed by atoms with Crippen molar-refractivity contribution in [2.24, 2.45) is 73.9 Å². The van der Waals surface area contributed by atoms with Crippen LogP contribution in [0.1, 0.15) is 371 Å². The maximum absolute atomic E-state index is 12.3. The Morgan fingerprint density at radius 1 is 0.350 bits per heavy atom. The summed E-state index contributed by atoms with van der Waals surface area (Å²) in [5.41, 5.74) is -1.64. The van der Waals surface area contributed by atoms with E-state index in [4.69, 9.17) is 47.4 Å². The molecular weight excluding hydrogens is 1260 g/mol. The first kappa shape index (κ1) is 108. The van der Waals surface area contributed by atoms with Crippen LogP contribution in [-0.2, 0) is 76.1 Å². The van der Waals surface area contributed by atoms with Crippen molar-refractivity contribution in [1.82, 2.24) is 0 Å². The smallest absolute Gasteiger partial charge is 0.313 e. The molecule has 0 aromatic carbocycles. The third kappa shape index (κ3) is 33.9. The zero-order valence-electron chi connectivity index (χ0n) is 59.3. The second kappa shape index (κ2) is 51.1. The minimum absolute atomic E-state index is 0. The van der Waals surface area contributed by atoms with Crippen molar-refractivity contribution in [2.75, 3.05) is 40.6 Å². The standard InChI is InChI=1S/C18H30O3.C17H26O4.C14H26O3.C13H24O3.C12H22O3.10CH4/c1-4-17(2,3)16(19)21-12-20-11-18-8-13-5-14(9-18)7-15(6-13)10-18;1-4-17(2,3)16(19)21-9-20-15-12-6-10-5-11(8-12)14(18)13(15)7-10;1-4-14(2,3)13(15)17-11-16-12-9-7-5-6-8-10-12;1-4-13(2,3)12(14)16-10-15-11-8-6-5-7-9-11;1-4-12(2,3)11(13)15-9-14-10-7-5-6-8-10;;;;;;;;;;/h13-15H,4-12H2,1-3H3;10-13,15H,4-9H2,1-3H3;12H,4-11H2,1-3H3;11H,4-10H2,1-3H3;10H,4-9H2,1-3H3;10*1H4. The summed E-state index contributed by atoms with van der Waals surface area (Å²) in [5.74, 6) is 3.93. The van der Waals surface area contributed by atoms with Gasteiger partial charge in [-0.15, -0.1) is 0 Å². The predicted octanol–water partition coefficient (Wildman–Crippen LogP) is 23.3. The zero-order valence-corrected chi connectivity index (χ0v) is 59.3. The van der Waals surface area contributed by atoms with Crippen LogP contribution in [0.4, 0.5) is 0 Å².